The molecule has 0 saturated heterocycles. The second kappa shape index (κ2) is 7.35. The minimum absolute atomic E-state index is 0.171. The van der Waals surface area contributed by atoms with E-state index in [1.807, 2.05) is 18.5 Å². The number of ketones is 1. The number of nitrogens with zero attached hydrogens (tertiary/aromatic N) is 3. The summed E-state index contributed by atoms with van der Waals surface area (Å²) in [6.45, 7) is 3.64. The first-order valence-corrected chi connectivity index (χ1v) is 9.24. The van der Waals surface area contributed by atoms with E-state index in [1.54, 1.807) is 6.07 Å². The molecule has 0 spiro atoms. The Morgan fingerprint density at radius 2 is 1.96 bits per heavy atom. The van der Waals surface area contributed by atoms with Gasteiger partial charge in [0.2, 0.25) is 0 Å². The average molecular weight is 363 g/mol. The van der Waals surface area contributed by atoms with E-state index >= 15 is 0 Å². The summed E-state index contributed by atoms with van der Waals surface area (Å²) in [4.78, 5) is 18.5. The fraction of sp³-hybridized carbons (Fsp3) is 0.273. The van der Waals surface area contributed by atoms with Gasteiger partial charge in [-0.05, 0) is 31.0 Å². The molecule has 4 nitrogen and oxygen atoms in total. The Labute approximate surface area is 158 Å². The van der Waals surface area contributed by atoms with Crippen molar-refractivity contribution in [2.75, 3.05) is 11.4 Å². The van der Waals surface area contributed by atoms with Crippen LogP contribution in [0, 0.1) is 5.82 Å². The van der Waals surface area contributed by atoms with Crippen molar-refractivity contribution in [3.05, 3.63) is 83.2 Å². The number of imidazole rings is 1. The zero-order chi connectivity index (χ0) is 18.8. The molecule has 0 amide bonds. The van der Waals surface area contributed by atoms with E-state index in [9.17, 15) is 9.18 Å². The third-order valence-electron chi connectivity index (χ3n) is 5.16. The van der Waals surface area contributed by atoms with Crippen molar-refractivity contribution >= 4 is 11.5 Å². The number of Topliss-reactive ketones (excluding diaryl/α,β-unsaturated/α-hetero) is 1. The molecule has 0 aliphatic carbocycles. The summed E-state index contributed by atoms with van der Waals surface area (Å²) < 4.78 is 16.4. The molecule has 3 aromatic rings. The molecule has 1 aliphatic rings. The summed E-state index contributed by atoms with van der Waals surface area (Å²) in [7, 11) is 0. The van der Waals surface area contributed by atoms with E-state index in [0.717, 1.165) is 31.6 Å². The van der Waals surface area contributed by atoms with Crippen LogP contribution >= 0.6 is 0 Å². The lowest BCUT2D eigenvalue weighted by Gasteiger charge is -2.30. The first-order chi connectivity index (χ1) is 13.1. The lowest BCUT2D eigenvalue weighted by molar-refractivity contribution is 0.101. The maximum Gasteiger partial charge on any atom is 0.164 e. The number of carbonyl (C=O) groups excluding carboxylic acids is 1. The van der Waals surface area contributed by atoms with E-state index < -0.39 is 5.82 Å². The number of hydrogen-bond donors (Lipinski definition) is 0. The maximum atomic E-state index is 14.2. The number of anilines is 1. The van der Waals surface area contributed by atoms with Gasteiger partial charge in [-0.15, -0.1) is 0 Å². The molecule has 4 rings (SSSR count). The van der Waals surface area contributed by atoms with Crippen LogP contribution in [0.15, 0.2) is 54.9 Å². The Balaban J connectivity index is 1.53. The highest BCUT2D eigenvalue weighted by molar-refractivity contribution is 6.00. The predicted octanol–water partition coefficient (Wildman–Crippen LogP) is 4.03. The number of rotatable bonds is 5. The van der Waals surface area contributed by atoms with Gasteiger partial charge in [0.15, 0.2) is 5.78 Å². The third-order valence-corrected chi connectivity index (χ3v) is 5.16. The van der Waals surface area contributed by atoms with Crippen LogP contribution in [0.2, 0.25) is 0 Å². The molecular weight excluding hydrogens is 341 g/mol. The third kappa shape index (κ3) is 3.50. The van der Waals surface area contributed by atoms with Gasteiger partial charge in [-0.25, -0.2) is 9.37 Å². The van der Waals surface area contributed by atoms with Gasteiger partial charge in [-0.2, -0.15) is 0 Å². The second-order valence-corrected chi connectivity index (χ2v) is 6.93. The average Bonchev–Trinajstić information content (AvgIpc) is 3.09. The predicted molar refractivity (Wildman–Crippen MR) is 104 cm³/mol. The van der Waals surface area contributed by atoms with Gasteiger partial charge in [-0.3, -0.25) is 4.79 Å². The minimum Gasteiger partial charge on any atom is -0.364 e. The van der Waals surface area contributed by atoms with Crippen molar-refractivity contribution in [1.29, 1.82) is 0 Å². The van der Waals surface area contributed by atoms with Crippen molar-refractivity contribution in [1.82, 2.24) is 9.55 Å². The summed E-state index contributed by atoms with van der Waals surface area (Å²) in [5.74, 6) is -0.707. The van der Waals surface area contributed by atoms with Crippen molar-refractivity contribution in [3.8, 4) is 0 Å². The highest BCUT2D eigenvalue weighted by Gasteiger charge is 2.24. The van der Waals surface area contributed by atoms with Crippen molar-refractivity contribution in [2.45, 2.75) is 32.9 Å². The van der Waals surface area contributed by atoms with Crippen LogP contribution in [0.1, 0.15) is 34.2 Å². The number of aryl methyl sites for hydroxylation is 2. The van der Waals surface area contributed by atoms with Gasteiger partial charge in [-0.1, -0.05) is 36.4 Å². The number of halogens is 1. The normalized spacial score (nSPS) is 13.5. The number of carbonyl (C=O) groups is 1. The number of benzene rings is 2. The van der Waals surface area contributed by atoms with Gasteiger partial charge in [0.05, 0.1) is 29.8 Å². The highest BCUT2D eigenvalue weighted by atomic mass is 19.1. The monoisotopic (exact) mass is 363 g/mol. The highest BCUT2D eigenvalue weighted by Crippen LogP contribution is 2.29. The fourth-order valence-corrected chi connectivity index (χ4v) is 3.79. The summed E-state index contributed by atoms with van der Waals surface area (Å²) in [5.41, 5.74) is 4.38. The Kier molecular flexibility index (Phi) is 4.75. The zero-order valence-corrected chi connectivity index (χ0v) is 15.4. The second-order valence-electron chi connectivity index (χ2n) is 6.93. The minimum atomic E-state index is -0.459. The van der Waals surface area contributed by atoms with Gasteiger partial charge in [0, 0.05) is 25.2 Å². The lowest BCUT2D eigenvalue weighted by Crippen LogP contribution is -2.32. The summed E-state index contributed by atoms with van der Waals surface area (Å²) >= 11 is 0. The lowest BCUT2D eigenvalue weighted by atomic mass is 10.0. The van der Waals surface area contributed by atoms with Crippen LogP contribution in [-0.2, 0) is 25.9 Å². The van der Waals surface area contributed by atoms with Crippen molar-refractivity contribution < 1.29 is 9.18 Å². The molecule has 0 N–H and O–H groups in total. The van der Waals surface area contributed by atoms with Crippen LogP contribution in [0.5, 0.6) is 0 Å². The van der Waals surface area contributed by atoms with E-state index in [0.29, 0.717) is 12.2 Å². The SMILES string of the molecule is CC(=O)c1c(F)cccc1N1CCc2c(ncn2CCc2ccccc2)C1. The molecule has 138 valence electrons. The van der Waals surface area contributed by atoms with E-state index in [-0.39, 0.29) is 11.3 Å². The number of aromatic nitrogens is 2. The number of hydrogen-bond acceptors (Lipinski definition) is 3. The van der Waals surface area contributed by atoms with Gasteiger partial charge >= 0.3 is 0 Å². The zero-order valence-electron chi connectivity index (χ0n) is 15.4. The summed E-state index contributed by atoms with van der Waals surface area (Å²) in [6.07, 6.45) is 3.69. The molecule has 0 saturated carbocycles. The number of fused-ring (bicyclic) bond motifs is 1. The smallest absolute Gasteiger partial charge is 0.164 e. The molecule has 1 aromatic heterocycles. The van der Waals surface area contributed by atoms with E-state index in [1.165, 1.54) is 24.2 Å². The van der Waals surface area contributed by atoms with Gasteiger partial charge < -0.3 is 9.47 Å². The molecule has 27 heavy (non-hydrogen) atoms. The molecule has 0 atom stereocenters. The molecule has 0 fully saturated rings. The first-order valence-electron chi connectivity index (χ1n) is 9.24. The topological polar surface area (TPSA) is 38.1 Å². The molecular formula is C22H22FN3O. The van der Waals surface area contributed by atoms with Crippen LogP contribution < -0.4 is 4.90 Å². The molecule has 5 heteroatoms. The Hall–Kier alpha value is -2.95. The Bertz CT molecular complexity index is 965. The molecule has 0 unspecified atom stereocenters. The molecule has 0 bridgehead atoms. The van der Waals surface area contributed by atoms with Crippen molar-refractivity contribution in [2.24, 2.45) is 0 Å². The molecule has 2 heterocycles. The van der Waals surface area contributed by atoms with Crippen LogP contribution in [0.3, 0.4) is 0 Å². The summed E-state index contributed by atoms with van der Waals surface area (Å²) in [5, 5.41) is 0. The Morgan fingerprint density at radius 3 is 2.74 bits per heavy atom. The maximum absolute atomic E-state index is 14.2. The van der Waals surface area contributed by atoms with Gasteiger partial charge in [0.25, 0.3) is 0 Å². The van der Waals surface area contributed by atoms with Gasteiger partial charge in [0.1, 0.15) is 5.82 Å². The molecule has 1 aliphatic heterocycles. The largest absolute Gasteiger partial charge is 0.364 e. The summed E-state index contributed by atoms with van der Waals surface area (Å²) in [6, 6.07) is 15.2. The van der Waals surface area contributed by atoms with Crippen LogP contribution in [0.4, 0.5) is 10.1 Å². The standard InChI is InChI=1S/C22H22FN3O/c1-16(27)22-18(23)8-5-9-21(22)25-13-11-20-19(14-25)24-15-26(20)12-10-17-6-3-2-4-7-17/h2-9,15H,10-14H2,1H3. The van der Waals surface area contributed by atoms with Crippen molar-refractivity contribution in [3.63, 3.8) is 0 Å². The first kappa shape index (κ1) is 17.5. The quantitative estimate of drug-likeness (QED) is 0.643. The Morgan fingerprint density at radius 1 is 1.15 bits per heavy atom. The molecule has 2 aromatic carbocycles. The molecule has 0 radical (unpaired) electrons. The van der Waals surface area contributed by atoms with Crippen LogP contribution in [-0.4, -0.2) is 21.9 Å². The van der Waals surface area contributed by atoms with Crippen LogP contribution in [0.25, 0.3) is 0 Å². The van der Waals surface area contributed by atoms with E-state index in [2.05, 4.69) is 38.7 Å². The fourth-order valence-electron chi connectivity index (χ4n) is 3.79. The van der Waals surface area contributed by atoms with E-state index in [4.69, 9.17) is 0 Å².